The number of carboxylic acid groups (broad SMARTS) is 1. The number of nitrogens with one attached hydrogen (secondary N) is 1. The van der Waals surface area contributed by atoms with Crippen molar-refractivity contribution in [3.05, 3.63) is 18.1 Å². The summed E-state index contributed by atoms with van der Waals surface area (Å²) in [6.07, 6.45) is 3.14. The molecule has 2 rings (SSSR count). The van der Waals surface area contributed by atoms with E-state index < -0.39 is 12.0 Å². The largest absolute Gasteiger partial charge is 0.476 e. The van der Waals surface area contributed by atoms with Gasteiger partial charge in [0.15, 0.2) is 5.69 Å². The van der Waals surface area contributed by atoms with Gasteiger partial charge in [0.05, 0.1) is 6.20 Å². The van der Waals surface area contributed by atoms with Crippen molar-refractivity contribution in [3.8, 4) is 11.3 Å². The number of aromatic nitrogens is 5. The van der Waals surface area contributed by atoms with Gasteiger partial charge in [-0.2, -0.15) is 5.10 Å². The van der Waals surface area contributed by atoms with E-state index in [1.165, 1.54) is 22.6 Å². The van der Waals surface area contributed by atoms with Gasteiger partial charge in [0.1, 0.15) is 11.7 Å². The summed E-state index contributed by atoms with van der Waals surface area (Å²) >= 11 is 0. The van der Waals surface area contributed by atoms with E-state index in [0.717, 1.165) is 0 Å². The average molecular weight is 278 g/mol. The summed E-state index contributed by atoms with van der Waals surface area (Å²) in [5.74, 6) is -1.50. The molecule has 0 aliphatic heterocycles. The summed E-state index contributed by atoms with van der Waals surface area (Å²) in [7, 11) is 3.21. The molecule has 9 nitrogen and oxygen atoms in total. The lowest BCUT2D eigenvalue weighted by molar-refractivity contribution is -0.123. The first-order valence-electron chi connectivity index (χ1n) is 5.84. The number of amides is 1. The number of hydrogen-bond acceptors (Lipinski definition) is 5. The molecule has 1 amide bonds. The van der Waals surface area contributed by atoms with Crippen molar-refractivity contribution < 1.29 is 14.7 Å². The Hall–Kier alpha value is -2.71. The third-order valence-electron chi connectivity index (χ3n) is 2.87. The maximum Gasteiger partial charge on any atom is 0.358 e. The fourth-order valence-corrected chi connectivity index (χ4v) is 1.84. The van der Waals surface area contributed by atoms with E-state index in [9.17, 15) is 14.7 Å². The Morgan fingerprint density at radius 1 is 1.45 bits per heavy atom. The highest BCUT2D eigenvalue weighted by Crippen LogP contribution is 2.24. The van der Waals surface area contributed by atoms with Crippen molar-refractivity contribution in [1.29, 1.82) is 0 Å². The molecule has 20 heavy (non-hydrogen) atoms. The van der Waals surface area contributed by atoms with Gasteiger partial charge in [0.2, 0.25) is 5.91 Å². The normalized spacial score (nSPS) is 12.2. The molecule has 1 unspecified atom stereocenters. The second-order valence-electron chi connectivity index (χ2n) is 4.23. The van der Waals surface area contributed by atoms with E-state index in [0.29, 0.717) is 5.56 Å². The fraction of sp³-hybridized carbons (Fsp3) is 0.364. The molecule has 2 aromatic heterocycles. The number of hydrogen-bond donors (Lipinski definition) is 2. The van der Waals surface area contributed by atoms with Gasteiger partial charge in [0.25, 0.3) is 0 Å². The molecule has 0 fully saturated rings. The minimum Gasteiger partial charge on any atom is -0.476 e. The molecule has 0 saturated carbocycles. The Labute approximate surface area is 114 Å². The molecule has 0 spiro atoms. The summed E-state index contributed by atoms with van der Waals surface area (Å²) in [4.78, 5) is 22.9. The highest BCUT2D eigenvalue weighted by atomic mass is 16.4. The van der Waals surface area contributed by atoms with E-state index in [1.54, 1.807) is 20.2 Å². The summed E-state index contributed by atoms with van der Waals surface area (Å²) in [5.41, 5.74) is 0.570. The van der Waals surface area contributed by atoms with Crippen molar-refractivity contribution >= 4 is 11.9 Å². The molecular formula is C11H14N6O3. The molecule has 0 bridgehead atoms. The van der Waals surface area contributed by atoms with E-state index in [1.807, 2.05) is 0 Å². The highest BCUT2D eigenvalue weighted by molar-refractivity contribution is 5.93. The van der Waals surface area contributed by atoms with E-state index in [2.05, 4.69) is 20.7 Å². The second kappa shape index (κ2) is 5.11. The van der Waals surface area contributed by atoms with E-state index >= 15 is 0 Å². The zero-order valence-corrected chi connectivity index (χ0v) is 11.2. The quantitative estimate of drug-likeness (QED) is 0.792. The molecule has 1 atom stereocenters. The first-order valence-corrected chi connectivity index (χ1v) is 5.84. The van der Waals surface area contributed by atoms with Crippen LogP contribution in [0.2, 0.25) is 0 Å². The predicted molar refractivity (Wildman–Crippen MR) is 68.0 cm³/mol. The number of carboxylic acids is 1. The Morgan fingerprint density at radius 3 is 2.65 bits per heavy atom. The first-order chi connectivity index (χ1) is 9.45. The molecular weight excluding hydrogens is 264 g/mol. The Balaban J connectivity index is 2.59. The smallest absolute Gasteiger partial charge is 0.358 e. The first kappa shape index (κ1) is 13.7. The van der Waals surface area contributed by atoms with Gasteiger partial charge in [-0.25, -0.2) is 9.48 Å². The maximum atomic E-state index is 11.7. The number of nitrogens with zero attached hydrogens (tertiary/aromatic N) is 5. The Bertz CT molecular complexity index is 659. The third kappa shape index (κ3) is 2.25. The van der Waals surface area contributed by atoms with Gasteiger partial charge in [0, 0.05) is 25.9 Å². The molecule has 2 aromatic rings. The number of aryl methyl sites for hydroxylation is 1. The standard InChI is InChI=1S/C11H14N6O3/c1-6(10(18)12-2)17-9(7-4-13-16(3)5-7)8(11(19)20)14-15-17/h4-6H,1-3H3,(H,12,18)(H,19,20). The molecule has 0 aliphatic rings. The zero-order chi connectivity index (χ0) is 14.9. The van der Waals surface area contributed by atoms with Crippen LogP contribution in [0.1, 0.15) is 23.5 Å². The minimum absolute atomic E-state index is 0.214. The SMILES string of the molecule is CNC(=O)C(C)n1nnc(C(=O)O)c1-c1cnn(C)c1. The Kier molecular flexibility index (Phi) is 3.51. The van der Waals surface area contributed by atoms with Crippen LogP contribution in [-0.2, 0) is 11.8 Å². The monoisotopic (exact) mass is 278 g/mol. The van der Waals surface area contributed by atoms with Crippen molar-refractivity contribution in [1.82, 2.24) is 30.1 Å². The molecule has 9 heteroatoms. The topological polar surface area (TPSA) is 115 Å². The van der Waals surface area contributed by atoms with Crippen molar-refractivity contribution in [2.45, 2.75) is 13.0 Å². The molecule has 0 saturated heterocycles. The lowest BCUT2D eigenvalue weighted by Gasteiger charge is -2.12. The molecule has 2 N–H and O–H groups in total. The maximum absolute atomic E-state index is 11.7. The predicted octanol–water partition coefficient (Wildman–Crippen LogP) is -0.316. The average Bonchev–Trinajstić information content (AvgIpc) is 3.02. The van der Waals surface area contributed by atoms with Crippen LogP contribution in [0.4, 0.5) is 0 Å². The van der Waals surface area contributed by atoms with Crippen LogP contribution in [0.3, 0.4) is 0 Å². The van der Waals surface area contributed by atoms with Crippen molar-refractivity contribution in [2.75, 3.05) is 7.05 Å². The summed E-state index contributed by atoms with van der Waals surface area (Å²) < 4.78 is 2.81. The van der Waals surface area contributed by atoms with Gasteiger partial charge in [-0.1, -0.05) is 5.21 Å². The van der Waals surface area contributed by atoms with E-state index in [4.69, 9.17) is 0 Å². The summed E-state index contributed by atoms with van der Waals surface area (Å²) in [6, 6.07) is -0.684. The molecule has 0 radical (unpaired) electrons. The van der Waals surface area contributed by atoms with Crippen LogP contribution < -0.4 is 5.32 Å². The molecule has 2 heterocycles. The van der Waals surface area contributed by atoms with Crippen LogP contribution in [0.5, 0.6) is 0 Å². The van der Waals surface area contributed by atoms with Crippen molar-refractivity contribution in [3.63, 3.8) is 0 Å². The van der Waals surface area contributed by atoms with Crippen LogP contribution in [0.15, 0.2) is 12.4 Å². The Morgan fingerprint density at radius 2 is 2.15 bits per heavy atom. The second-order valence-corrected chi connectivity index (χ2v) is 4.23. The summed E-state index contributed by atoms with van der Waals surface area (Å²) in [6.45, 7) is 1.61. The van der Waals surface area contributed by atoms with Crippen LogP contribution in [0, 0.1) is 0 Å². The van der Waals surface area contributed by atoms with Gasteiger partial charge in [-0.15, -0.1) is 5.10 Å². The zero-order valence-electron chi connectivity index (χ0n) is 11.2. The lowest BCUT2D eigenvalue weighted by Crippen LogP contribution is -2.29. The van der Waals surface area contributed by atoms with E-state index in [-0.39, 0.29) is 17.3 Å². The molecule has 0 aromatic carbocycles. The van der Waals surface area contributed by atoms with Crippen LogP contribution >= 0.6 is 0 Å². The molecule has 0 aliphatic carbocycles. The van der Waals surface area contributed by atoms with Gasteiger partial charge < -0.3 is 10.4 Å². The summed E-state index contributed by atoms with van der Waals surface area (Å²) in [5, 5.41) is 23.1. The number of carbonyl (C=O) groups excluding carboxylic acids is 1. The highest BCUT2D eigenvalue weighted by Gasteiger charge is 2.26. The van der Waals surface area contributed by atoms with Gasteiger partial charge in [-0.3, -0.25) is 9.48 Å². The number of carbonyl (C=O) groups is 2. The fourth-order valence-electron chi connectivity index (χ4n) is 1.84. The number of likely N-dealkylation sites (N-methyl/N-ethyl adjacent to an activating group) is 1. The lowest BCUT2D eigenvalue weighted by atomic mass is 10.2. The number of rotatable bonds is 4. The van der Waals surface area contributed by atoms with Gasteiger partial charge >= 0.3 is 5.97 Å². The minimum atomic E-state index is -1.21. The number of aromatic carboxylic acids is 1. The van der Waals surface area contributed by atoms with Gasteiger partial charge in [-0.05, 0) is 6.92 Å². The van der Waals surface area contributed by atoms with Crippen LogP contribution in [-0.4, -0.2) is 48.8 Å². The van der Waals surface area contributed by atoms with Crippen molar-refractivity contribution in [2.24, 2.45) is 7.05 Å². The van der Waals surface area contributed by atoms with Crippen LogP contribution in [0.25, 0.3) is 11.3 Å². The third-order valence-corrected chi connectivity index (χ3v) is 2.87. The molecule has 106 valence electrons.